The first-order chi connectivity index (χ1) is 20.1. The van der Waals surface area contributed by atoms with Gasteiger partial charge >= 0.3 is 13.7 Å². The number of para-hydroxylation sites is 1. The van der Waals surface area contributed by atoms with Gasteiger partial charge < -0.3 is 24.8 Å². The molecule has 0 spiro atoms. The highest BCUT2D eigenvalue weighted by Gasteiger charge is 2.56. The van der Waals surface area contributed by atoms with E-state index in [-0.39, 0.29) is 24.1 Å². The highest BCUT2D eigenvalue weighted by Crippen LogP contribution is 2.48. The number of anilines is 1. The van der Waals surface area contributed by atoms with E-state index >= 15 is 0 Å². The lowest BCUT2D eigenvalue weighted by molar-refractivity contribution is -0.146. The Morgan fingerprint density at radius 3 is 2.67 bits per heavy atom. The van der Waals surface area contributed by atoms with Gasteiger partial charge in [0, 0.05) is 5.92 Å². The van der Waals surface area contributed by atoms with Crippen molar-refractivity contribution in [2.24, 2.45) is 11.8 Å². The van der Waals surface area contributed by atoms with Crippen LogP contribution >= 0.6 is 7.75 Å². The Labute approximate surface area is 244 Å². The fourth-order valence-corrected chi connectivity index (χ4v) is 6.35. The number of aliphatic hydroxyl groups is 1. The molecular weight excluding hydrogens is 563 g/mol. The van der Waals surface area contributed by atoms with E-state index in [1.807, 2.05) is 13.8 Å². The first kappa shape index (κ1) is 31.4. The summed E-state index contributed by atoms with van der Waals surface area (Å²) < 4.78 is 38.4. The third-order valence-electron chi connectivity index (χ3n) is 7.60. The van der Waals surface area contributed by atoms with Gasteiger partial charge in [-0.05, 0) is 37.1 Å². The molecule has 2 aromatic heterocycles. The fraction of sp³-hybridized carbons (Fsp3) is 0.500. The molecule has 0 aliphatic carbocycles. The summed E-state index contributed by atoms with van der Waals surface area (Å²) in [5, 5.41) is 28.3. The molecule has 1 aliphatic rings. The van der Waals surface area contributed by atoms with Crippen LogP contribution in [0.15, 0.2) is 48.8 Å². The van der Waals surface area contributed by atoms with Gasteiger partial charge in [0.15, 0.2) is 5.82 Å². The topological polar surface area (TPSA) is 183 Å². The number of fused-ring (bicyclic) bond motifs is 1. The molecule has 1 aromatic carbocycles. The lowest BCUT2D eigenvalue weighted by atomic mass is 9.85. The van der Waals surface area contributed by atoms with Crippen molar-refractivity contribution in [1.29, 1.82) is 5.26 Å². The van der Waals surface area contributed by atoms with Crippen molar-refractivity contribution in [2.75, 3.05) is 18.9 Å². The number of rotatable bonds is 13. The number of nitrogen functional groups attached to an aromatic ring is 1. The van der Waals surface area contributed by atoms with Crippen molar-refractivity contribution >= 4 is 25.1 Å². The first-order valence-corrected chi connectivity index (χ1v) is 15.4. The quantitative estimate of drug-likeness (QED) is 0.192. The normalized spacial score (nSPS) is 24.3. The number of nitriles is 1. The number of aromatic nitrogens is 3. The summed E-state index contributed by atoms with van der Waals surface area (Å²) in [4.78, 5) is 16.7. The minimum atomic E-state index is -4.23. The van der Waals surface area contributed by atoms with Crippen molar-refractivity contribution in [2.45, 2.75) is 64.4 Å². The zero-order chi connectivity index (χ0) is 30.5. The Kier molecular flexibility index (Phi) is 9.86. The van der Waals surface area contributed by atoms with Crippen LogP contribution in [0.2, 0.25) is 0 Å². The molecule has 3 heterocycles. The number of hydrogen-bond donors (Lipinski definition) is 3. The Hall–Kier alpha value is -3.53. The van der Waals surface area contributed by atoms with Gasteiger partial charge in [-0.15, -0.1) is 0 Å². The average molecular weight is 601 g/mol. The van der Waals surface area contributed by atoms with Crippen molar-refractivity contribution in [3.05, 3.63) is 54.5 Å². The van der Waals surface area contributed by atoms with Gasteiger partial charge in [0.1, 0.15) is 35.8 Å². The molecule has 0 amide bonds. The van der Waals surface area contributed by atoms with Crippen LogP contribution in [-0.4, -0.2) is 57.1 Å². The zero-order valence-corrected chi connectivity index (χ0v) is 24.9. The van der Waals surface area contributed by atoms with Crippen LogP contribution in [0.4, 0.5) is 5.82 Å². The molecular formula is C28H37N6O7P. The number of nitrogens with zero attached hydrogens (tertiary/aromatic N) is 4. The molecule has 4 rings (SSSR count). The van der Waals surface area contributed by atoms with Gasteiger partial charge in [0.2, 0.25) is 5.60 Å². The number of carbonyl (C=O) groups excluding carboxylic acids is 1. The van der Waals surface area contributed by atoms with Crippen LogP contribution in [0.25, 0.3) is 5.52 Å². The van der Waals surface area contributed by atoms with E-state index in [9.17, 15) is 19.7 Å². The number of esters is 1. The number of hydrogen-bond acceptors (Lipinski definition) is 11. The summed E-state index contributed by atoms with van der Waals surface area (Å²) in [6, 6.07) is 12.8. The van der Waals surface area contributed by atoms with Crippen LogP contribution in [0.5, 0.6) is 5.75 Å². The molecule has 226 valence electrons. The first-order valence-electron chi connectivity index (χ1n) is 13.9. The van der Waals surface area contributed by atoms with Gasteiger partial charge in [-0.25, -0.2) is 14.1 Å². The predicted molar refractivity (Wildman–Crippen MR) is 153 cm³/mol. The molecule has 1 unspecified atom stereocenters. The van der Waals surface area contributed by atoms with Crippen molar-refractivity contribution in [1.82, 2.24) is 19.7 Å². The number of nitrogens with two attached hydrogens (primary N) is 1. The summed E-state index contributed by atoms with van der Waals surface area (Å²) in [5.74, 6) is -0.692. The summed E-state index contributed by atoms with van der Waals surface area (Å²) in [5.41, 5.74) is 5.15. The molecule has 42 heavy (non-hydrogen) atoms. The minimum Gasteiger partial charge on any atom is -0.464 e. The second-order valence-electron chi connectivity index (χ2n) is 10.3. The van der Waals surface area contributed by atoms with Gasteiger partial charge in [-0.3, -0.25) is 9.32 Å². The van der Waals surface area contributed by atoms with E-state index in [2.05, 4.69) is 21.2 Å². The molecule has 6 atom stereocenters. The maximum atomic E-state index is 14.0. The number of ether oxygens (including phenoxy) is 2. The van der Waals surface area contributed by atoms with E-state index in [1.54, 1.807) is 49.4 Å². The standard InChI is InChI=1S/C28H37N6O7P/c1-5-20(6-2)14-38-27(36)19(4)33-42(37,41-21-10-8-7-9-11-21)39-15-23-25(35)18(3)28(16-29,40-23)24-13-12-22-26(30)31-17-32-34(22)24/h7-13,17-20,23,25,35H,5-6,14-15H2,1-4H3,(H,33,37)(H2,30,31,32)/t18-,19+,23-,25+,28-,42?/m1/s1. The molecule has 1 aliphatic heterocycles. The highest BCUT2D eigenvalue weighted by atomic mass is 31.2. The van der Waals surface area contributed by atoms with Crippen molar-refractivity contribution < 1.29 is 33.0 Å². The summed E-state index contributed by atoms with van der Waals surface area (Å²) >= 11 is 0. The summed E-state index contributed by atoms with van der Waals surface area (Å²) in [6.45, 7) is 7.00. The predicted octanol–water partition coefficient (Wildman–Crippen LogP) is 3.59. The second-order valence-corrected chi connectivity index (χ2v) is 12.0. The SMILES string of the molecule is CCC(CC)COC(=O)[C@H](C)NP(=O)(OC[C@H]1O[C@@](C#N)(c2ccc3c(N)ncnn23)[C@H](C)[C@@H]1O)Oc1ccccc1. The molecule has 1 saturated heterocycles. The number of carbonyl (C=O) groups is 1. The lowest BCUT2D eigenvalue weighted by Crippen LogP contribution is -2.37. The molecule has 0 saturated carbocycles. The highest BCUT2D eigenvalue weighted by molar-refractivity contribution is 7.52. The molecule has 4 N–H and O–H groups in total. The number of benzene rings is 1. The average Bonchev–Trinajstić information content (AvgIpc) is 3.53. The van der Waals surface area contributed by atoms with Gasteiger partial charge in [0.05, 0.1) is 25.0 Å². The largest absolute Gasteiger partial charge is 0.464 e. The number of aliphatic hydroxyl groups excluding tert-OH is 1. The van der Waals surface area contributed by atoms with E-state index in [1.165, 1.54) is 17.8 Å². The summed E-state index contributed by atoms with van der Waals surface area (Å²) in [7, 11) is -4.23. The number of nitrogens with one attached hydrogen (secondary N) is 1. The smallest absolute Gasteiger partial charge is 0.459 e. The van der Waals surface area contributed by atoms with Gasteiger partial charge in [-0.2, -0.15) is 15.4 Å². The molecule has 0 bridgehead atoms. The van der Waals surface area contributed by atoms with Crippen molar-refractivity contribution in [3.63, 3.8) is 0 Å². The Balaban J connectivity index is 1.53. The third kappa shape index (κ3) is 6.43. The molecule has 13 nitrogen and oxygen atoms in total. The van der Waals surface area contributed by atoms with E-state index in [4.69, 9.17) is 24.3 Å². The van der Waals surface area contributed by atoms with Crippen LogP contribution in [-0.2, 0) is 29.0 Å². The third-order valence-corrected chi connectivity index (χ3v) is 9.24. The fourth-order valence-electron chi connectivity index (χ4n) is 4.84. The molecule has 1 fully saturated rings. The van der Waals surface area contributed by atoms with Gasteiger partial charge in [0.25, 0.3) is 0 Å². The Bertz CT molecular complexity index is 1460. The Morgan fingerprint density at radius 2 is 2.00 bits per heavy atom. The van der Waals surface area contributed by atoms with Crippen LogP contribution in [0, 0.1) is 23.2 Å². The van der Waals surface area contributed by atoms with Gasteiger partial charge in [-0.1, -0.05) is 51.8 Å². The molecule has 0 radical (unpaired) electrons. The van der Waals surface area contributed by atoms with E-state index in [0.29, 0.717) is 11.2 Å². The van der Waals surface area contributed by atoms with Crippen LogP contribution < -0.4 is 15.3 Å². The zero-order valence-electron chi connectivity index (χ0n) is 24.0. The van der Waals surface area contributed by atoms with Crippen LogP contribution in [0.1, 0.15) is 46.2 Å². The maximum Gasteiger partial charge on any atom is 0.459 e. The summed E-state index contributed by atoms with van der Waals surface area (Å²) in [6.07, 6.45) is 0.692. The van der Waals surface area contributed by atoms with Crippen molar-refractivity contribution in [3.8, 4) is 11.8 Å². The minimum absolute atomic E-state index is 0.216. The maximum absolute atomic E-state index is 14.0. The van der Waals surface area contributed by atoms with E-state index < -0.39 is 50.1 Å². The monoisotopic (exact) mass is 600 g/mol. The molecule has 3 aromatic rings. The van der Waals surface area contributed by atoms with Crippen LogP contribution in [0.3, 0.4) is 0 Å². The lowest BCUT2D eigenvalue weighted by Gasteiger charge is -2.26. The van der Waals surface area contributed by atoms with E-state index in [0.717, 1.165) is 12.8 Å². The second kappa shape index (κ2) is 13.2. The molecule has 14 heteroatoms. The Morgan fingerprint density at radius 1 is 1.29 bits per heavy atom.